The van der Waals surface area contributed by atoms with Crippen molar-refractivity contribution >= 4 is 27.7 Å². The number of halogens is 1. The first-order chi connectivity index (χ1) is 9.20. The Morgan fingerprint density at radius 2 is 2.21 bits per heavy atom. The highest BCUT2D eigenvalue weighted by atomic mass is 79.9. The Bertz CT molecular complexity index is 573. The highest BCUT2D eigenvalue weighted by Crippen LogP contribution is 2.26. The van der Waals surface area contributed by atoms with E-state index >= 15 is 0 Å². The Morgan fingerprint density at radius 3 is 2.84 bits per heavy atom. The van der Waals surface area contributed by atoms with Gasteiger partial charge >= 0.3 is 0 Å². The van der Waals surface area contributed by atoms with E-state index in [0.717, 1.165) is 10.2 Å². The molecule has 1 amide bonds. The Hall–Kier alpha value is -1.88. The zero-order chi connectivity index (χ0) is 13.7. The summed E-state index contributed by atoms with van der Waals surface area (Å²) in [5.41, 5.74) is 0.543. The van der Waals surface area contributed by atoms with Gasteiger partial charge in [0.25, 0.3) is 5.91 Å². The van der Waals surface area contributed by atoms with Gasteiger partial charge in [0.15, 0.2) is 0 Å². The average Bonchev–Trinajstić information content (AvgIpc) is 2.42. The molecule has 19 heavy (non-hydrogen) atoms. The molecule has 0 bridgehead atoms. The molecule has 0 spiro atoms. The SMILES string of the molecule is CCOc1ccc(C(=O)Nc2ccccn2)cc1Br. The lowest BCUT2D eigenvalue weighted by molar-refractivity contribution is 0.102. The fraction of sp³-hybridized carbons (Fsp3) is 0.143. The number of hydrogen-bond acceptors (Lipinski definition) is 3. The minimum Gasteiger partial charge on any atom is -0.493 e. The number of pyridine rings is 1. The van der Waals surface area contributed by atoms with E-state index in [-0.39, 0.29) is 5.91 Å². The molecule has 0 saturated heterocycles. The monoisotopic (exact) mass is 320 g/mol. The molecule has 5 heteroatoms. The van der Waals surface area contributed by atoms with Crippen LogP contribution in [0.3, 0.4) is 0 Å². The summed E-state index contributed by atoms with van der Waals surface area (Å²) in [6, 6.07) is 10.6. The molecule has 4 nitrogen and oxygen atoms in total. The van der Waals surface area contributed by atoms with E-state index in [2.05, 4.69) is 26.2 Å². The number of benzene rings is 1. The highest BCUT2D eigenvalue weighted by Gasteiger charge is 2.09. The lowest BCUT2D eigenvalue weighted by atomic mass is 10.2. The number of nitrogens with one attached hydrogen (secondary N) is 1. The predicted molar refractivity (Wildman–Crippen MR) is 77.5 cm³/mol. The Kier molecular flexibility index (Phi) is 4.52. The third-order valence-corrected chi connectivity index (χ3v) is 3.02. The fourth-order valence-electron chi connectivity index (χ4n) is 1.54. The van der Waals surface area contributed by atoms with Crippen LogP contribution in [0.25, 0.3) is 0 Å². The summed E-state index contributed by atoms with van der Waals surface area (Å²) in [5, 5.41) is 2.73. The van der Waals surface area contributed by atoms with Crippen molar-refractivity contribution in [2.75, 3.05) is 11.9 Å². The molecule has 0 unspecified atom stereocenters. The molecule has 0 fully saturated rings. The maximum atomic E-state index is 12.0. The standard InChI is InChI=1S/C14H13BrN2O2/c1-2-19-12-7-6-10(9-11(12)15)14(18)17-13-5-3-4-8-16-13/h3-9H,2H2,1H3,(H,16,17,18). The molecule has 0 atom stereocenters. The minimum atomic E-state index is -0.206. The van der Waals surface area contributed by atoms with Crippen LogP contribution in [0.1, 0.15) is 17.3 Å². The molecular weight excluding hydrogens is 308 g/mol. The number of nitrogens with zero attached hydrogens (tertiary/aromatic N) is 1. The minimum absolute atomic E-state index is 0.206. The normalized spacial score (nSPS) is 10.0. The second kappa shape index (κ2) is 6.33. The summed E-state index contributed by atoms with van der Waals surface area (Å²) in [4.78, 5) is 16.1. The van der Waals surface area contributed by atoms with Gasteiger partial charge in [-0.1, -0.05) is 6.07 Å². The molecule has 2 rings (SSSR count). The first-order valence-electron chi connectivity index (χ1n) is 5.85. The molecule has 98 valence electrons. The van der Waals surface area contributed by atoms with Crippen molar-refractivity contribution < 1.29 is 9.53 Å². The van der Waals surface area contributed by atoms with Gasteiger partial charge in [0.2, 0.25) is 0 Å². The molecule has 1 heterocycles. The van der Waals surface area contributed by atoms with Crippen LogP contribution in [0.5, 0.6) is 5.75 Å². The van der Waals surface area contributed by atoms with Gasteiger partial charge < -0.3 is 10.1 Å². The van der Waals surface area contributed by atoms with E-state index in [4.69, 9.17) is 4.74 Å². The van der Waals surface area contributed by atoms with E-state index in [0.29, 0.717) is 18.0 Å². The van der Waals surface area contributed by atoms with Crippen molar-refractivity contribution in [3.8, 4) is 5.75 Å². The van der Waals surface area contributed by atoms with Crippen LogP contribution in [0.4, 0.5) is 5.82 Å². The number of anilines is 1. The average molecular weight is 321 g/mol. The van der Waals surface area contributed by atoms with Gasteiger partial charge in [-0.3, -0.25) is 4.79 Å². The van der Waals surface area contributed by atoms with Gasteiger partial charge in [-0.25, -0.2) is 4.98 Å². The number of hydrogen-bond donors (Lipinski definition) is 1. The lowest BCUT2D eigenvalue weighted by Crippen LogP contribution is -2.12. The lowest BCUT2D eigenvalue weighted by Gasteiger charge is -2.08. The predicted octanol–water partition coefficient (Wildman–Crippen LogP) is 3.50. The molecule has 0 aliphatic rings. The highest BCUT2D eigenvalue weighted by molar-refractivity contribution is 9.10. The van der Waals surface area contributed by atoms with Crippen molar-refractivity contribution in [2.24, 2.45) is 0 Å². The number of rotatable bonds is 4. The van der Waals surface area contributed by atoms with Crippen molar-refractivity contribution in [3.05, 3.63) is 52.6 Å². The molecular formula is C14H13BrN2O2. The van der Waals surface area contributed by atoms with Gasteiger partial charge in [-0.2, -0.15) is 0 Å². The Balaban J connectivity index is 2.14. The molecule has 0 saturated carbocycles. The summed E-state index contributed by atoms with van der Waals surface area (Å²) in [5.74, 6) is 1.04. The maximum Gasteiger partial charge on any atom is 0.256 e. The molecule has 2 aromatic rings. The maximum absolute atomic E-state index is 12.0. The van der Waals surface area contributed by atoms with Gasteiger partial charge in [0.1, 0.15) is 11.6 Å². The van der Waals surface area contributed by atoms with Crippen molar-refractivity contribution in [1.82, 2.24) is 4.98 Å². The number of carbonyl (C=O) groups is 1. The van der Waals surface area contributed by atoms with E-state index in [1.165, 1.54) is 0 Å². The molecule has 1 aromatic carbocycles. The number of carbonyl (C=O) groups excluding carboxylic acids is 1. The molecule has 1 N–H and O–H groups in total. The Labute approximate surface area is 119 Å². The molecule has 1 aromatic heterocycles. The first-order valence-corrected chi connectivity index (χ1v) is 6.64. The number of ether oxygens (including phenoxy) is 1. The molecule has 0 radical (unpaired) electrons. The second-order valence-corrected chi connectivity index (χ2v) is 4.60. The summed E-state index contributed by atoms with van der Waals surface area (Å²) < 4.78 is 6.15. The van der Waals surface area contributed by atoms with Crippen LogP contribution in [-0.4, -0.2) is 17.5 Å². The van der Waals surface area contributed by atoms with Crippen LogP contribution in [-0.2, 0) is 0 Å². The summed E-state index contributed by atoms with van der Waals surface area (Å²) >= 11 is 3.38. The zero-order valence-electron chi connectivity index (χ0n) is 10.4. The quantitative estimate of drug-likeness (QED) is 0.938. The van der Waals surface area contributed by atoms with Gasteiger partial charge in [0.05, 0.1) is 11.1 Å². The van der Waals surface area contributed by atoms with Gasteiger partial charge in [0, 0.05) is 11.8 Å². The zero-order valence-corrected chi connectivity index (χ0v) is 12.0. The van der Waals surface area contributed by atoms with Crippen LogP contribution in [0.2, 0.25) is 0 Å². The van der Waals surface area contributed by atoms with E-state index in [1.807, 2.05) is 13.0 Å². The smallest absolute Gasteiger partial charge is 0.256 e. The number of amides is 1. The fourth-order valence-corrected chi connectivity index (χ4v) is 2.03. The van der Waals surface area contributed by atoms with Crippen molar-refractivity contribution in [3.63, 3.8) is 0 Å². The van der Waals surface area contributed by atoms with Crippen LogP contribution in [0.15, 0.2) is 47.1 Å². The summed E-state index contributed by atoms with van der Waals surface area (Å²) in [6.07, 6.45) is 1.63. The van der Waals surface area contributed by atoms with Crippen molar-refractivity contribution in [1.29, 1.82) is 0 Å². The van der Waals surface area contributed by atoms with E-state index in [9.17, 15) is 4.79 Å². The van der Waals surface area contributed by atoms with Gasteiger partial charge in [-0.05, 0) is 53.2 Å². The third-order valence-electron chi connectivity index (χ3n) is 2.40. The third kappa shape index (κ3) is 3.54. The largest absolute Gasteiger partial charge is 0.493 e. The van der Waals surface area contributed by atoms with Crippen molar-refractivity contribution in [2.45, 2.75) is 6.92 Å². The van der Waals surface area contributed by atoms with E-state index < -0.39 is 0 Å². The van der Waals surface area contributed by atoms with Crippen LogP contribution >= 0.6 is 15.9 Å². The topological polar surface area (TPSA) is 51.2 Å². The van der Waals surface area contributed by atoms with Crippen LogP contribution in [0, 0.1) is 0 Å². The Morgan fingerprint density at radius 1 is 1.37 bits per heavy atom. The molecule has 0 aliphatic carbocycles. The second-order valence-electron chi connectivity index (χ2n) is 3.75. The summed E-state index contributed by atoms with van der Waals surface area (Å²) in [7, 11) is 0. The van der Waals surface area contributed by atoms with Crippen LogP contribution < -0.4 is 10.1 Å². The first kappa shape index (κ1) is 13.5. The van der Waals surface area contributed by atoms with Gasteiger partial charge in [-0.15, -0.1) is 0 Å². The van der Waals surface area contributed by atoms with E-state index in [1.54, 1.807) is 36.5 Å². The molecule has 0 aliphatic heterocycles. The number of aromatic nitrogens is 1. The summed E-state index contributed by atoms with van der Waals surface area (Å²) in [6.45, 7) is 2.49.